The summed E-state index contributed by atoms with van der Waals surface area (Å²) >= 11 is 6.24. The second kappa shape index (κ2) is 14.5. The van der Waals surface area contributed by atoms with Gasteiger partial charge in [0, 0.05) is 29.5 Å². The third kappa shape index (κ3) is 7.92. The molecule has 4 amide bonds. The Morgan fingerprint density at radius 3 is 2.60 bits per heavy atom. The lowest BCUT2D eigenvalue weighted by atomic mass is 9.85. The molecule has 15 heteroatoms. The van der Waals surface area contributed by atoms with Crippen LogP contribution in [0.5, 0.6) is 0 Å². The van der Waals surface area contributed by atoms with Gasteiger partial charge >= 0.3 is 6.09 Å². The third-order valence-corrected chi connectivity index (χ3v) is 10.2. The lowest BCUT2D eigenvalue weighted by molar-refractivity contribution is -0.144. The molecule has 1 saturated carbocycles. The largest absolute Gasteiger partial charge is 0.443 e. The number of Topliss-reactive ketones (excluding diaryl/α,β-unsaturated/α-hetero) is 1. The first-order chi connectivity index (χ1) is 23.8. The molecule has 4 heterocycles. The number of carbonyl (C=O) groups excluding carboxylic acids is 5. The maximum absolute atomic E-state index is 14.6. The first-order valence-electron chi connectivity index (χ1n) is 17.4. The van der Waals surface area contributed by atoms with E-state index in [1.165, 1.54) is 4.90 Å². The van der Waals surface area contributed by atoms with Crippen LogP contribution in [0.2, 0.25) is 5.02 Å². The van der Waals surface area contributed by atoms with Crippen LogP contribution < -0.4 is 16.0 Å². The number of likely N-dealkylation sites (tertiary alicyclic amines) is 1. The molecule has 50 heavy (non-hydrogen) atoms. The van der Waals surface area contributed by atoms with Gasteiger partial charge in [-0.1, -0.05) is 63.0 Å². The summed E-state index contributed by atoms with van der Waals surface area (Å²) in [6, 6.07) is 3.85. The Bertz CT molecular complexity index is 1540. The molecule has 0 radical (unpaired) electrons. The molecule has 1 aliphatic carbocycles. The van der Waals surface area contributed by atoms with E-state index in [1.807, 2.05) is 13.0 Å². The number of amides is 4. The number of hydrogen-bond donors (Lipinski definition) is 3. The van der Waals surface area contributed by atoms with Crippen molar-refractivity contribution in [1.82, 2.24) is 20.9 Å². The molecule has 7 atom stereocenters. The number of nitrogens with one attached hydrogen (secondary N) is 3. The van der Waals surface area contributed by atoms with Crippen molar-refractivity contribution < 1.29 is 43.0 Å². The lowest BCUT2D eigenvalue weighted by Gasteiger charge is -2.35. The Kier molecular flexibility index (Phi) is 10.4. The first-order valence-corrected chi connectivity index (χ1v) is 17.8. The third-order valence-electron chi connectivity index (χ3n) is 9.95. The minimum absolute atomic E-state index is 0.0209. The molecule has 0 aromatic heterocycles. The van der Waals surface area contributed by atoms with Crippen LogP contribution in [-0.2, 0) is 38.2 Å². The highest BCUT2D eigenvalue weighted by atomic mass is 35.5. The van der Waals surface area contributed by atoms with E-state index in [-0.39, 0.29) is 44.4 Å². The van der Waals surface area contributed by atoms with Crippen molar-refractivity contribution in [3.05, 3.63) is 34.9 Å². The summed E-state index contributed by atoms with van der Waals surface area (Å²) in [7, 11) is 0. The van der Waals surface area contributed by atoms with E-state index in [2.05, 4.69) is 21.1 Å². The fourth-order valence-corrected chi connectivity index (χ4v) is 7.26. The monoisotopic (exact) mass is 715 g/mol. The van der Waals surface area contributed by atoms with Crippen LogP contribution in [0.4, 0.5) is 4.79 Å². The van der Waals surface area contributed by atoms with Gasteiger partial charge in [0.2, 0.25) is 17.6 Å². The molecule has 3 N–H and O–H groups in total. The number of fused-ring (bicyclic) bond motifs is 1. The number of alkyl carbamates (subject to hydrolysis) is 1. The van der Waals surface area contributed by atoms with Crippen molar-refractivity contribution >= 4 is 46.9 Å². The molecule has 6 rings (SSSR count). The fraction of sp³-hybridized carbons (Fsp3) is 0.657. The van der Waals surface area contributed by atoms with E-state index in [9.17, 15) is 24.0 Å². The standard InChI is InChI=1S/C35H46ClN5O9/c1-5-7-23(27(42)30(44)37-21-10-11-21)38-29(43)25-16-35(15-24(40-50-35)19-8-6-9-20(36)14-19)18-41(25)31(45)28(34(2,3)4)39-33(46)49-26-17-48-32-22(26)12-13-47-32/h6,8-9,14,21-23,25-26,28,32H,5,7,10-13,15-18H2,1-4H3,(H,37,44)(H,38,43)(H,39,46)/t22-,23-,25-,26-,28+,32+,35+/m0/s1. The van der Waals surface area contributed by atoms with Gasteiger partial charge in [0.25, 0.3) is 5.91 Å². The van der Waals surface area contributed by atoms with Gasteiger partial charge in [0.15, 0.2) is 11.9 Å². The number of hydrogen-bond acceptors (Lipinski definition) is 10. The highest BCUT2D eigenvalue weighted by molar-refractivity contribution is 6.38. The smallest absolute Gasteiger partial charge is 0.408 e. The van der Waals surface area contributed by atoms with E-state index in [0.29, 0.717) is 30.2 Å². The van der Waals surface area contributed by atoms with Crippen LogP contribution in [0.3, 0.4) is 0 Å². The van der Waals surface area contributed by atoms with Gasteiger partial charge in [0.05, 0.1) is 37.4 Å². The number of rotatable bonds is 11. The van der Waals surface area contributed by atoms with E-state index >= 15 is 0 Å². The SMILES string of the molecule is CCC[C@H](NC(=O)[C@@H]1C[C@]2(CC(c3cccc(Cl)c3)=NO2)CN1C(=O)[C@@H](NC(=O)O[C@H]1CO[C@H]2OCC[C@H]21)C(C)(C)C)C(=O)C(=O)NC1CC1. The fourth-order valence-electron chi connectivity index (χ4n) is 7.07. The molecule has 3 saturated heterocycles. The van der Waals surface area contributed by atoms with Crippen molar-refractivity contribution in [3.8, 4) is 0 Å². The maximum Gasteiger partial charge on any atom is 0.408 e. The minimum Gasteiger partial charge on any atom is -0.443 e. The van der Waals surface area contributed by atoms with Gasteiger partial charge < -0.3 is 39.9 Å². The first kappa shape index (κ1) is 36.1. The topological polar surface area (TPSA) is 174 Å². The molecular formula is C35H46ClN5O9. The van der Waals surface area contributed by atoms with Gasteiger partial charge in [-0.25, -0.2) is 4.79 Å². The summed E-state index contributed by atoms with van der Waals surface area (Å²) in [4.78, 5) is 75.3. The van der Waals surface area contributed by atoms with Crippen LogP contribution in [0.15, 0.2) is 29.4 Å². The van der Waals surface area contributed by atoms with E-state index in [0.717, 1.165) is 18.4 Å². The summed E-state index contributed by atoms with van der Waals surface area (Å²) in [5, 5.41) is 13.1. The molecule has 4 aliphatic heterocycles. The minimum atomic E-state index is -1.11. The Morgan fingerprint density at radius 1 is 1.12 bits per heavy atom. The predicted octanol–water partition coefficient (Wildman–Crippen LogP) is 2.84. The number of ether oxygens (including phenoxy) is 3. The van der Waals surface area contributed by atoms with Gasteiger partial charge in [-0.2, -0.15) is 0 Å². The lowest BCUT2D eigenvalue weighted by Crippen LogP contribution is -2.59. The number of carbonyl (C=O) groups is 5. The maximum atomic E-state index is 14.6. The Labute approximate surface area is 296 Å². The molecule has 5 aliphatic rings. The number of ketones is 1. The number of oxime groups is 1. The highest BCUT2D eigenvalue weighted by Gasteiger charge is 2.56. The summed E-state index contributed by atoms with van der Waals surface area (Å²) in [6.07, 6.45) is 1.70. The van der Waals surface area contributed by atoms with Gasteiger partial charge in [-0.05, 0) is 43.2 Å². The zero-order chi connectivity index (χ0) is 35.8. The molecule has 1 aromatic carbocycles. The molecule has 272 valence electrons. The van der Waals surface area contributed by atoms with E-state index in [4.69, 9.17) is 30.6 Å². The van der Waals surface area contributed by atoms with Crippen LogP contribution in [-0.4, -0.2) is 102 Å². The summed E-state index contributed by atoms with van der Waals surface area (Å²) in [6.45, 7) is 7.94. The summed E-state index contributed by atoms with van der Waals surface area (Å²) < 4.78 is 16.9. The molecule has 1 spiro atoms. The predicted molar refractivity (Wildman–Crippen MR) is 180 cm³/mol. The van der Waals surface area contributed by atoms with E-state index < -0.39 is 71.1 Å². The van der Waals surface area contributed by atoms with Crippen molar-refractivity contribution in [1.29, 1.82) is 0 Å². The Hall–Kier alpha value is -3.75. The molecular weight excluding hydrogens is 670 g/mol. The zero-order valence-corrected chi connectivity index (χ0v) is 29.6. The van der Waals surface area contributed by atoms with Gasteiger partial charge in [-0.15, -0.1) is 0 Å². The Morgan fingerprint density at radius 2 is 1.90 bits per heavy atom. The molecule has 0 unspecified atom stereocenters. The second-order valence-electron chi connectivity index (χ2n) is 15.1. The highest BCUT2D eigenvalue weighted by Crippen LogP contribution is 2.40. The Balaban J connectivity index is 1.22. The van der Waals surface area contributed by atoms with Crippen LogP contribution in [0, 0.1) is 11.3 Å². The van der Waals surface area contributed by atoms with Crippen molar-refractivity contribution in [3.63, 3.8) is 0 Å². The van der Waals surface area contributed by atoms with Crippen LogP contribution >= 0.6 is 11.6 Å². The van der Waals surface area contributed by atoms with Crippen molar-refractivity contribution in [2.45, 2.75) is 115 Å². The molecule has 4 fully saturated rings. The normalized spacial score (nSPS) is 28.3. The average Bonchev–Trinajstić information content (AvgIpc) is 3.40. The molecule has 1 aromatic rings. The second-order valence-corrected chi connectivity index (χ2v) is 15.5. The number of halogens is 1. The quantitative estimate of drug-likeness (QED) is 0.291. The van der Waals surface area contributed by atoms with Gasteiger partial charge in [-0.3, -0.25) is 19.2 Å². The summed E-state index contributed by atoms with van der Waals surface area (Å²) in [5.41, 5.74) is -0.513. The van der Waals surface area contributed by atoms with Crippen molar-refractivity contribution in [2.24, 2.45) is 16.5 Å². The molecule has 14 nitrogen and oxygen atoms in total. The zero-order valence-electron chi connectivity index (χ0n) is 28.9. The average molecular weight is 716 g/mol. The van der Waals surface area contributed by atoms with Crippen LogP contribution in [0.1, 0.15) is 78.2 Å². The summed E-state index contributed by atoms with van der Waals surface area (Å²) in [5.74, 6) is -2.69. The van der Waals surface area contributed by atoms with Gasteiger partial charge in [0.1, 0.15) is 18.2 Å². The van der Waals surface area contributed by atoms with Crippen LogP contribution in [0.25, 0.3) is 0 Å². The number of nitrogens with zero attached hydrogens (tertiary/aromatic N) is 2. The van der Waals surface area contributed by atoms with Crippen molar-refractivity contribution in [2.75, 3.05) is 19.8 Å². The molecule has 0 bridgehead atoms. The van der Waals surface area contributed by atoms with E-state index in [1.54, 1.807) is 39.0 Å². The number of benzene rings is 1.